The van der Waals surface area contributed by atoms with Gasteiger partial charge in [-0.15, -0.1) is 10.2 Å². The molecular weight excluding hydrogens is 240 g/mol. The highest BCUT2D eigenvalue weighted by Crippen LogP contribution is 2.38. The van der Waals surface area contributed by atoms with Gasteiger partial charge in [0.1, 0.15) is 0 Å². The van der Waals surface area contributed by atoms with Crippen molar-refractivity contribution in [1.82, 2.24) is 25.9 Å². The van der Waals surface area contributed by atoms with Crippen molar-refractivity contribution in [2.24, 2.45) is 11.1 Å². The third kappa shape index (κ3) is 2.26. The molecule has 0 spiro atoms. The van der Waals surface area contributed by atoms with Crippen LogP contribution in [-0.4, -0.2) is 31.5 Å². The third-order valence-electron chi connectivity index (χ3n) is 3.16. The molecule has 1 amide bonds. The van der Waals surface area contributed by atoms with Crippen molar-refractivity contribution in [2.45, 2.75) is 32.2 Å². The Morgan fingerprint density at radius 3 is 2.76 bits per heavy atom. The van der Waals surface area contributed by atoms with Gasteiger partial charge in [-0.05, 0) is 12.8 Å². The van der Waals surface area contributed by atoms with Crippen LogP contribution in [0.15, 0.2) is 0 Å². The Labute approximate surface area is 104 Å². The fourth-order valence-corrected chi connectivity index (χ4v) is 2.45. The van der Waals surface area contributed by atoms with E-state index in [2.05, 4.69) is 25.9 Å². The number of carbonyl (C=O) groups is 1. The second kappa shape index (κ2) is 4.74. The number of nitrogens with zero attached hydrogens (tertiary/aromatic N) is 3. The fourth-order valence-electron chi connectivity index (χ4n) is 2.15. The van der Waals surface area contributed by atoms with Crippen molar-refractivity contribution in [3.8, 4) is 0 Å². The standard InChI is InChI=1S/C9H14N6OS/c10-7(17)9(3-1-2-4-9)8(16)11-5-6-12-14-15-13-6/h1-5H2,(H2,10,17)(H,11,16)(H,12,13,14,15). The first-order chi connectivity index (χ1) is 8.15. The van der Waals surface area contributed by atoms with Gasteiger partial charge in [0.15, 0.2) is 5.82 Å². The number of amides is 1. The van der Waals surface area contributed by atoms with E-state index >= 15 is 0 Å². The van der Waals surface area contributed by atoms with Gasteiger partial charge in [0.2, 0.25) is 5.91 Å². The van der Waals surface area contributed by atoms with E-state index in [0.29, 0.717) is 5.82 Å². The molecule has 0 saturated heterocycles. The molecule has 1 aliphatic rings. The van der Waals surface area contributed by atoms with Crippen LogP contribution in [-0.2, 0) is 11.3 Å². The first-order valence-electron chi connectivity index (χ1n) is 5.46. The molecule has 4 N–H and O–H groups in total. The van der Waals surface area contributed by atoms with E-state index in [1.807, 2.05) is 0 Å². The molecule has 8 heteroatoms. The van der Waals surface area contributed by atoms with Crippen molar-refractivity contribution >= 4 is 23.1 Å². The molecule has 0 bridgehead atoms. The van der Waals surface area contributed by atoms with Crippen molar-refractivity contribution in [2.75, 3.05) is 0 Å². The minimum absolute atomic E-state index is 0.132. The number of hydrogen-bond donors (Lipinski definition) is 3. The van der Waals surface area contributed by atoms with Gasteiger partial charge >= 0.3 is 0 Å². The molecule has 0 radical (unpaired) electrons. The Bertz CT molecular complexity index is 411. The molecule has 17 heavy (non-hydrogen) atoms. The minimum Gasteiger partial charge on any atom is -0.392 e. The summed E-state index contributed by atoms with van der Waals surface area (Å²) in [5.41, 5.74) is 5.02. The zero-order valence-electron chi connectivity index (χ0n) is 9.27. The molecule has 1 aliphatic carbocycles. The summed E-state index contributed by atoms with van der Waals surface area (Å²) in [6.45, 7) is 0.236. The Morgan fingerprint density at radius 1 is 1.53 bits per heavy atom. The average molecular weight is 254 g/mol. The summed E-state index contributed by atoms with van der Waals surface area (Å²) in [4.78, 5) is 12.4. The molecule has 1 saturated carbocycles. The normalized spacial score (nSPS) is 17.9. The number of tetrazole rings is 1. The van der Waals surface area contributed by atoms with Gasteiger partial charge in [-0.2, -0.15) is 5.21 Å². The Kier molecular flexibility index (Phi) is 3.32. The predicted molar refractivity (Wildman–Crippen MR) is 63.7 cm³/mol. The van der Waals surface area contributed by atoms with Crippen LogP contribution < -0.4 is 11.1 Å². The van der Waals surface area contributed by atoms with E-state index in [-0.39, 0.29) is 17.4 Å². The van der Waals surface area contributed by atoms with Crippen LogP contribution in [0.3, 0.4) is 0 Å². The highest BCUT2D eigenvalue weighted by molar-refractivity contribution is 7.80. The van der Waals surface area contributed by atoms with E-state index in [1.54, 1.807) is 0 Å². The molecule has 1 aromatic heterocycles. The van der Waals surface area contributed by atoms with Crippen molar-refractivity contribution in [1.29, 1.82) is 0 Å². The molecule has 7 nitrogen and oxygen atoms in total. The van der Waals surface area contributed by atoms with Gasteiger partial charge in [0, 0.05) is 0 Å². The number of nitrogens with one attached hydrogen (secondary N) is 2. The topological polar surface area (TPSA) is 110 Å². The van der Waals surface area contributed by atoms with Crippen molar-refractivity contribution in [3.05, 3.63) is 5.82 Å². The Morgan fingerprint density at radius 2 is 2.24 bits per heavy atom. The maximum Gasteiger partial charge on any atom is 0.233 e. The van der Waals surface area contributed by atoms with E-state index in [0.717, 1.165) is 25.7 Å². The van der Waals surface area contributed by atoms with Gasteiger partial charge in [-0.25, -0.2) is 0 Å². The SMILES string of the molecule is NC(=S)C1(C(=O)NCc2nn[nH]n2)CCCC1. The summed E-state index contributed by atoms with van der Waals surface area (Å²) < 4.78 is 0. The number of rotatable bonds is 4. The lowest BCUT2D eigenvalue weighted by Crippen LogP contribution is -2.47. The number of H-pyrrole nitrogens is 1. The molecule has 0 unspecified atom stereocenters. The highest BCUT2D eigenvalue weighted by atomic mass is 32.1. The number of hydrogen-bond acceptors (Lipinski definition) is 5. The summed E-state index contributed by atoms with van der Waals surface area (Å²) >= 11 is 5.03. The average Bonchev–Trinajstić information content (AvgIpc) is 2.97. The van der Waals surface area contributed by atoms with Gasteiger partial charge < -0.3 is 11.1 Å². The second-order valence-corrected chi connectivity index (χ2v) is 4.60. The fraction of sp³-hybridized carbons (Fsp3) is 0.667. The van der Waals surface area contributed by atoms with Crippen LogP contribution in [0.2, 0.25) is 0 Å². The van der Waals surface area contributed by atoms with E-state index in [4.69, 9.17) is 18.0 Å². The highest BCUT2D eigenvalue weighted by Gasteiger charge is 2.43. The summed E-state index contributed by atoms with van der Waals surface area (Å²) in [5, 5.41) is 16.0. The predicted octanol–water partition coefficient (Wildman–Crippen LogP) is -0.338. The first kappa shape index (κ1) is 11.9. The van der Waals surface area contributed by atoms with Crippen LogP contribution >= 0.6 is 12.2 Å². The molecule has 2 rings (SSSR count). The molecule has 1 fully saturated rings. The molecule has 0 aliphatic heterocycles. The van der Waals surface area contributed by atoms with Gasteiger partial charge in [0.05, 0.1) is 16.9 Å². The molecule has 0 aromatic carbocycles. The summed E-state index contributed by atoms with van der Waals surface area (Å²) in [5.74, 6) is 0.307. The van der Waals surface area contributed by atoms with Crippen molar-refractivity contribution < 1.29 is 4.79 Å². The van der Waals surface area contributed by atoms with Gasteiger partial charge in [-0.3, -0.25) is 4.79 Å². The minimum atomic E-state index is -0.681. The number of aromatic nitrogens is 4. The smallest absolute Gasteiger partial charge is 0.233 e. The molecule has 92 valence electrons. The van der Waals surface area contributed by atoms with Crippen LogP contribution in [0.5, 0.6) is 0 Å². The molecule has 1 aromatic rings. The van der Waals surface area contributed by atoms with Crippen LogP contribution in [0, 0.1) is 5.41 Å². The van der Waals surface area contributed by atoms with Gasteiger partial charge in [-0.1, -0.05) is 30.3 Å². The number of thiocarbonyl (C=S) groups is 1. The summed E-state index contributed by atoms with van der Waals surface area (Å²) in [7, 11) is 0. The molecule has 0 atom stereocenters. The molecule has 1 heterocycles. The van der Waals surface area contributed by atoms with E-state index in [9.17, 15) is 4.79 Å². The van der Waals surface area contributed by atoms with Crippen LogP contribution in [0.25, 0.3) is 0 Å². The summed E-state index contributed by atoms with van der Waals surface area (Å²) in [6, 6.07) is 0. The number of nitrogens with two attached hydrogens (primary N) is 1. The van der Waals surface area contributed by atoms with Gasteiger partial charge in [0.25, 0.3) is 0 Å². The zero-order valence-corrected chi connectivity index (χ0v) is 10.1. The lowest BCUT2D eigenvalue weighted by molar-refractivity contribution is -0.127. The maximum absolute atomic E-state index is 12.1. The van der Waals surface area contributed by atoms with Crippen LogP contribution in [0.1, 0.15) is 31.5 Å². The maximum atomic E-state index is 12.1. The lowest BCUT2D eigenvalue weighted by Gasteiger charge is -2.25. The van der Waals surface area contributed by atoms with Crippen molar-refractivity contribution in [3.63, 3.8) is 0 Å². The molecular formula is C9H14N6OS. The third-order valence-corrected chi connectivity index (χ3v) is 3.55. The Balaban J connectivity index is 2.00. The second-order valence-electron chi connectivity index (χ2n) is 4.16. The van der Waals surface area contributed by atoms with Crippen LogP contribution in [0.4, 0.5) is 0 Å². The first-order valence-corrected chi connectivity index (χ1v) is 5.86. The quantitative estimate of drug-likeness (QED) is 0.634. The Hall–Kier alpha value is -1.57. The van der Waals surface area contributed by atoms with E-state index in [1.165, 1.54) is 0 Å². The largest absolute Gasteiger partial charge is 0.392 e. The summed E-state index contributed by atoms with van der Waals surface area (Å²) in [6.07, 6.45) is 3.40. The number of aromatic amines is 1. The monoisotopic (exact) mass is 254 g/mol. The van der Waals surface area contributed by atoms with E-state index < -0.39 is 5.41 Å². The lowest BCUT2D eigenvalue weighted by atomic mass is 9.85. The number of carbonyl (C=O) groups excluding carboxylic acids is 1. The zero-order chi connectivity index (χ0) is 12.3.